The molecule has 2 amide bonds. The summed E-state index contributed by atoms with van der Waals surface area (Å²) in [7, 11) is 3.13. The third kappa shape index (κ3) is 5.73. The van der Waals surface area contributed by atoms with Crippen molar-refractivity contribution in [2.75, 3.05) is 19.1 Å². The van der Waals surface area contributed by atoms with Gasteiger partial charge in [-0.15, -0.1) is 11.3 Å². The molecule has 36 heavy (non-hydrogen) atoms. The number of aryl methyl sites for hydroxylation is 1. The third-order valence-corrected chi connectivity index (χ3v) is 7.61. The molecule has 1 aliphatic rings. The van der Waals surface area contributed by atoms with Gasteiger partial charge in [-0.3, -0.25) is 14.5 Å². The van der Waals surface area contributed by atoms with E-state index < -0.39 is 6.04 Å². The number of nitrogens with one attached hydrogen (secondary N) is 1. The number of nitrogens with zero attached hydrogens (tertiary/aromatic N) is 1. The van der Waals surface area contributed by atoms with Gasteiger partial charge in [-0.2, -0.15) is 0 Å². The summed E-state index contributed by atoms with van der Waals surface area (Å²) in [5.74, 6) is 0.601. The molecular formula is C29H34N2O4S. The van der Waals surface area contributed by atoms with Crippen LogP contribution >= 0.6 is 11.3 Å². The van der Waals surface area contributed by atoms with Crippen molar-refractivity contribution in [3.8, 4) is 11.5 Å². The second kappa shape index (κ2) is 12.1. The minimum Gasteiger partial charge on any atom is -0.493 e. The van der Waals surface area contributed by atoms with Crippen LogP contribution in [-0.2, 0) is 16.0 Å². The van der Waals surface area contributed by atoms with Gasteiger partial charge in [0.15, 0.2) is 11.5 Å². The second-order valence-electron chi connectivity index (χ2n) is 9.14. The Morgan fingerprint density at radius 3 is 2.44 bits per heavy atom. The number of carbonyl (C=O) groups is 2. The highest BCUT2D eigenvalue weighted by atomic mass is 32.1. The number of hydrogen-bond donors (Lipinski definition) is 1. The molecule has 2 aromatic carbocycles. The number of rotatable bonds is 9. The molecule has 1 unspecified atom stereocenters. The summed E-state index contributed by atoms with van der Waals surface area (Å²) >= 11 is 1.53. The van der Waals surface area contributed by atoms with Crippen molar-refractivity contribution in [3.63, 3.8) is 0 Å². The van der Waals surface area contributed by atoms with Crippen LogP contribution < -0.4 is 19.7 Å². The van der Waals surface area contributed by atoms with Gasteiger partial charge in [0.1, 0.15) is 6.04 Å². The number of methoxy groups -OCH3 is 2. The Morgan fingerprint density at radius 1 is 1.00 bits per heavy atom. The minimum atomic E-state index is -0.925. The molecule has 0 bridgehead atoms. The van der Waals surface area contributed by atoms with Crippen LogP contribution in [0.3, 0.4) is 0 Å². The van der Waals surface area contributed by atoms with Crippen molar-refractivity contribution >= 4 is 28.8 Å². The summed E-state index contributed by atoms with van der Waals surface area (Å²) in [5.41, 5.74) is 2.20. The van der Waals surface area contributed by atoms with E-state index in [1.807, 2.05) is 60.8 Å². The summed E-state index contributed by atoms with van der Waals surface area (Å²) in [6, 6.07) is 16.2. The molecule has 1 aromatic heterocycles. The smallest absolute Gasteiger partial charge is 0.248 e. The largest absolute Gasteiger partial charge is 0.493 e. The standard InChI is InChI=1S/C29H34N2O4S/c1-20-11-7-8-16-24(20)31(26(32)19-22-14-10-18-36-22)27(29(33)30-21-12-5-4-6-13-21)23-15-9-17-25(34-2)28(23)35-3/h7-11,14-18,21,27H,4-6,12-13,19H2,1-3H3,(H,30,33). The van der Waals surface area contributed by atoms with Crippen LogP contribution in [0.1, 0.15) is 54.1 Å². The molecule has 1 heterocycles. The number of carbonyl (C=O) groups excluding carboxylic acids is 2. The Morgan fingerprint density at radius 2 is 1.78 bits per heavy atom. The Kier molecular flexibility index (Phi) is 8.65. The van der Waals surface area contributed by atoms with Crippen LogP contribution in [0.5, 0.6) is 11.5 Å². The first kappa shape index (κ1) is 25.8. The van der Waals surface area contributed by atoms with E-state index in [1.54, 1.807) is 25.2 Å². The third-order valence-electron chi connectivity index (χ3n) is 6.74. The molecule has 4 rings (SSSR count). The zero-order chi connectivity index (χ0) is 25.5. The molecule has 3 aromatic rings. The van der Waals surface area contributed by atoms with E-state index in [2.05, 4.69) is 5.32 Å². The summed E-state index contributed by atoms with van der Waals surface area (Å²) in [4.78, 5) is 30.7. The molecule has 1 fully saturated rings. The Balaban J connectivity index is 1.85. The lowest BCUT2D eigenvalue weighted by atomic mass is 9.94. The highest BCUT2D eigenvalue weighted by Crippen LogP contribution is 2.40. The number of para-hydroxylation sites is 2. The molecule has 6 nitrogen and oxygen atoms in total. The first-order chi connectivity index (χ1) is 17.5. The van der Waals surface area contributed by atoms with Gasteiger partial charge in [-0.1, -0.05) is 55.7 Å². The number of anilines is 1. The topological polar surface area (TPSA) is 67.9 Å². The average molecular weight is 507 g/mol. The van der Waals surface area contributed by atoms with Crippen molar-refractivity contribution in [1.82, 2.24) is 5.32 Å². The van der Waals surface area contributed by atoms with Crippen LogP contribution in [0.2, 0.25) is 0 Å². The van der Waals surface area contributed by atoms with E-state index in [1.165, 1.54) is 17.8 Å². The van der Waals surface area contributed by atoms with Gasteiger partial charge in [0.2, 0.25) is 11.8 Å². The summed E-state index contributed by atoms with van der Waals surface area (Å²) in [6.07, 6.45) is 5.47. The second-order valence-corrected chi connectivity index (χ2v) is 10.2. The van der Waals surface area contributed by atoms with Crippen LogP contribution in [0.15, 0.2) is 60.0 Å². The van der Waals surface area contributed by atoms with E-state index in [0.717, 1.165) is 36.1 Å². The molecule has 0 saturated heterocycles. The first-order valence-electron chi connectivity index (χ1n) is 12.4. The quantitative estimate of drug-likeness (QED) is 0.396. The highest BCUT2D eigenvalue weighted by Gasteiger charge is 2.37. The Hall–Kier alpha value is -3.32. The van der Waals surface area contributed by atoms with Crippen LogP contribution in [0.25, 0.3) is 0 Å². The van der Waals surface area contributed by atoms with E-state index in [9.17, 15) is 9.59 Å². The monoisotopic (exact) mass is 506 g/mol. The van der Waals surface area contributed by atoms with Crippen LogP contribution in [0.4, 0.5) is 5.69 Å². The lowest BCUT2D eigenvalue weighted by molar-refractivity contribution is -0.127. The average Bonchev–Trinajstić information content (AvgIpc) is 3.40. The lowest BCUT2D eigenvalue weighted by Crippen LogP contribution is -2.48. The van der Waals surface area contributed by atoms with Crippen molar-refractivity contribution in [1.29, 1.82) is 0 Å². The maximum absolute atomic E-state index is 14.1. The van der Waals surface area contributed by atoms with E-state index >= 15 is 0 Å². The molecule has 1 aliphatic carbocycles. The molecule has 7 heteroatoms. The summed E-state index contributed by atoms with van der Waals surface area (Å²) in [5, 5.41) is 5.22. The predicted octanol–water partition coefficient (Wildman–Crippen LogP) is 5.84. The maximum atomic E-state index is 14.1. The van der Waals surface area contributed by atoms with Crippen molar-refractivity contribution in [2.45, 2.75) is 57.5 Å². The molecule has 1 atom stereocenters. The Bertz CT molecular complexity index is 1170. The molecule has 0 spiro atoms. The number of hydrogen-bond acceptors (Lipinski definition) is 5. The van der Waals surface area contributed by atoms with E-state index in [0.29, 0.717) is 22.7 Å². The molecule has 190 valence electrons. The summed E-state index contributed by atoms with van der Waals surface area (Å²) < 4.78 is 11.3. The fourth-order valence-electron chi connectivity index (χ4n) is 4.95. The fraction of sp³-hybridized carbons (Fsp3) is 0.379. The highest BCUT2D eigenvalue weighted by molar-refractivity contribution is 7.10. The van der Waals surface area contributed by atoms with E-state index in [4.69, 9.17) is 9.47 Å². The number of benzene rings is 2. The van der Waals surface area contributed by atoms with Crippen molar-refractivity contribution < 1.29 is 19.1 Å². The lowest BCUT2D eigenvalue weighted by Gasteiger charge is -2.35. The van der Waals surface area contributed by atoms with Crippen LogP contribution in [-0.4, -0.2) is 32.1 Å². The minimum absolute atomic E-state index is 0.0940. The van der Waals surface area contributed by atoms with E-state index in [-0.39, 0.29) is 24.3 Å². The van der Waals surface area contributed by atoms with Gasteiger partial charge in [0, 0.05) is 22.2 Å². The maximum Gasteiger partial charge on any atom is 0.248 e. The van der Waals surface area contributed by atoms with Gasteiger partial charge < -0.3 is 14.8 Å². The van der Waals surface area contributed by atoms with Crippen molar-refractivity contribution in [2.24, 2.45) is 0 Å². The molecule has 0 aliphatic heterocycles. The predicted molar refractivity (Wildman–Crippen MR) is 144 cm³/mol. The molecular weight excluding hydrogens is 472 g/mol. The summed E-state index contributed by atoms with van der Waals surface area (Å²) in [6.45, 7) is 1.96. The van der Waals surface area contributed by atoms with Gasteiger partial charge in [0.05, 0.1) is 20.6 Å². The van der Waals surface area contributed by atoms with Crippen LogP contribution in [0, 0.1) is 6.92 Å². The normalized spacial score (nSPS) is 14.6. The number of thiophene rings is 1. The van der Waals surface area contributed by atoms with Gasteiger partial charge in [-0.05, 0) is 48.9 Å². The van der Waals surface area contributed by atoms with Gasteiger partial charge in [-0.25, -0.2) is 0 Å². The van der Waals surface area contributed by atoms with Crippen molar-refractivity contribution in [3.05, 3.63) is 76.0 Å². The van der Waals surface area contributed by atoms with Gasteiger partial charge in [0.25, 0.3) is 0 Å². The zero-order valence-electron chi connectivity index (χ0n) is 21.2. The van der Waals surface area contributed by atoms with Gasteiger partial charge >= 0.3 is 0 Å². The number of ether oxygens (including phenoxy) is 2. The molecule has 0 radical (unpaired) electrons. The SMILES string of the molecule is COc1cccc(C(C(=O)NC2CCCCC2)N(C(=O)Cc2cccs2)c2ccccc2C)c1OC. The number of amides is 2. The zero-order valence-corrected chi connectivity index (χ0v) is 22.0. The molecule has 1 N–H and O–H groups in total. The first-order valence-corrected chi connectivity index (χ1v) is 13.3. The molecule has 1 saturated carbocycles. The fourth-order valence-corrected chi connectivity index (χ4v) is 5.65. The Labute approximate surface area is 217 Å².